The number of amides is 1. The highest BCUT2D eigenvalue weighted by Gasteiger charge is 2.27. The summed E-state index contributed by atoms with van der Waals surface area (Å²) >= 11 is -0.202. The second kappa shape index (κ2) is 5.71. The normalized spacial score (nSPS) is 11.2. The molecule has 1 amide bonds. The fourth-order valence-electron chi connectivity index (χ4n) is 0.912. The van der Waals surface area contributed by atoms with E-state index in [9.17, 15) is 18.0 Å². The zero-order valence-corrected chi connectivity index (χ0v) is 9.31. The van der Waals surface area contributed by atoms with Crippen molar-refractivity contribution < 1.29 is 18.0 Å². The minimum atomic E-state index is -4.29. The zero-order chi connectivity index (χ0) is 12.9. The first-order valence-electron chi connectivity index (χ1n) is 4.45. The van der Waals surface area contributed by atoms with Crippen LogP contribution in [0.5, 0.6) is 0 Å². The number of alkyl halides is 3. The molecule has 94 valence electrons. The maximum atomic E-state index is 11.8. The first-order chi connectivity index (χ1) is 7.88. The average molecular weight is 266 g/mol. The van der Waals surface area contributed by atoms with Crippen LogP contribution in [0.1, 0.15) is 10.5 Å². The van der Waals surface area contributed by atoms with Crippen LogP contribution >= 0.6 is 11.8 Å². The summed E-state index contributed by atoms with van der Waals surface area (Å²) in [5.74, 6) is -0.791. The van der Waals surface area contributed by atoms with E-state index >= 15 is 0 Å². The van der Waals surface area contributed by atoms with Gasteiger partial charge < -0.3 is 11.1 Å². The van der Waals surface area contributed by atoms with Crippen molar-refractivity contribution in [1.29, 1.82) is 0 Å². The summed E-state index contributed by atoms with van der Waals surface area (Å²) in [5, 5.41) is 2.28. The van der Waals surface area contributed by atoms with E-state index in [1.165, 1.54) is 12.4 Å². The highest BCUT2D eigenvalue weighted by Crippen LogP contribution is 2.29. The molecule has 0 aliphatic heterocycles. The molecule has 1 aromatic heterocycles. The molecule has 0 saturated heterocycles. The van der Waals surface area contributed by atoms with E-state index in [1.807, 2.05) is 0 Å². The molecular weight excluding hydrogens is 257 g/mol. The maximum absolute atomic E-state index is 11.8. The Morgan fingerprint density at radius 1 is 1.47 bits per heavy atom. The topological polar surface area (TPSA) is 80.9 Å². The number of hydrogen-bond donors (Lipinski definition) is 2. The van der Waals surface area contributed by atoms with Crippen LogP contribution < -0.4 is 11.1 Å². The molecule has 0 atom stereocenters. The Labute approximate surface area is 99.0 Å². The first-order valence-corrected chi connectivity index (χ1v) is 5.43. The molecule has 0 aromatic carbocycles. The summed E-state index contributed by atoms with van der Waals surface area (Å²) in [6.45, 7) is -0.112. The fraction of sp³-hybridized carbons (Fsp3) is 0.375. The highest BCUT2D eigenvalue weighted by molar-refractivity contribution is 8.00. The molecule has 0 fully saturated rings. The number of thioether (sulfide) groups is 1. The van der Waals surface area contributed by atoms with Gasteiger partial charge in [-0.1, -0.05) is 0 Å². The lowest BCUT2D eigenvalue weighted by Gasteiger charge is -2.06. The van der Waals surface area contributed by atoms with Crippen molar-refractivity contribution >= 4 is 23.5 Å². The molecule has 5 nitrogen and oxygen atoms in total. The number of nitrogens with zero attached hydrogens (tertiary/aromatic N) is 2. The third-order valence-corrected chi connectivity index (χ3v) is 2.27. The fourth-order valence-corrected chi connectivity index (χ4v) is 1.35. The number of rotatable bonds is 4. The molecule has 0 aliphatic carbocycles. The smallest absolute Gasteiger partial charge is 0.382 e. The van der Waals surface area contributed by atoms with Gasteiger partial charge in [0.1, 0.15) is 11.5 Å². The van der Waals surface area contributed by atoms with E-state index in [0.717, 1.165) is 0 Å². The summed E-state index contributed by atoms with van der Waals surface area (Å²) in [6.07, 6.45) is 2.44. The van der Waals surface area contributed by atoms with Gasteiger partial charge in [-0.3, -0.25) is 9.78 Å². The second-order valence-corrected chi connectivity index (χ2v) is 4.04. The molecule has 0 spiro atoms. The molecule has 0 aliphatic rings. The summed E-state index contributed by atoms with van der Waals surface area (Å²) in [4.78, 5) is 18.7. The SMILES string of the molecule is Nc1cncc(C(=O)NCCSC(F)(F)F)n1. The van der Waals surface area contributed by atoms with Crippen LogP contribution in [-0.2, 0) is 0 Å². The number of carbonyl (C=O) groups is 1. The van der Waals surface area contributed by atoms with Gasteiger partial charge >= 0.3 is 5.51 Å². The van der Waals surface area contributed by atoms with Crippen LogP contribution in [0.2, 0.25) is 0 Å². The van der Waals surface area contributed by atoms with Crippen molar-refractivity contribution in [3.63, 3.8) is 0 Å². The molecule has 1 aromatic rings. The van der Waals surface area contributed by atoms with Crippen molar-refractivity contribution in [2.45, 2.75) is 5.51 Å². The molecule has 9 heteroatoms. The van der Waals surface area contributed by atoms with Gasteiger partial charge in [-0.2, -0.15) is 13.2 Å². The number of nitrogen functional groups attached to an aromatic ring is 1. The summed E-state index contributed by atoms with van der Waals surface area (Å²) in [7, 11) is 0. The van der Waals surface area contributed by atoms with Gasteiger partial charge in [0.2, 0.25) is 0 Å². The van der Waals surface area contributed by atoms with E-state index < -0.39 is 11.4 Å². The van der Waals surface area contributed by atoms with Gasteiger partial charge in [-0.05, 0) is 11.8 Å². The van der Waals surface area contributed by atoms with Crippen molar-refractivity contribution in [2.75, 3.05) is 18.0 Å². The molecule has 0 unspecified atom stereocenters. The molecule has 17 heavy (non-hydrogen) atoms. The first kappa shape index (κ1) is 13.6. The number of halogens is 3. The van der Waals surface area contributed by atoms with Crippen molar-refractivity contribution in [3.8, 4) is 0 Å². The molecule has 3 N–H and O–H groups in total. The van der Waals surface area contributed by atoms with E-state index in [-0.39, 0.29) is 35.6 Å². The molecule has 0 bridgehead atoms. The van der Waals surface area contributed by atoms with E-state index in [4.69, 9.17) is 5.73 Å². The highest BCUT2D eigenvalue weighted by atomic mass is 32.2. The van der Waals surface area contributed by atoms with E-state index in [0.29, 0.717) is 0 Å². The Bertz CT molecular complexity index is 399. The Morgan fingerprint density at radius 2 is 2.18 bits per heavy atom. The van der Waals surface area contributed by atoms with Crippen LogP contribution in [0.25, 0.3) is 0 Å². The van der Waals surface area contributed by atoms with Crippen LogP contribution in [0.3, 0.4) is 0 Å². The van der Waals surface area contributed by atoms with Gasteiger partial charge in [0, 0.05) is 12.3 Å². The lowest BCUT2D eigenvalue weighted by molar-refractivity contribution is -0.0327. The van der Waals surface area contributed by atoms with Gasteiger partial charge in [-0.25, -0.2) is 4.98 Å². The molecule has 1 rings (SSSR count). The summed E-state index contributed by atoms with van der Waals surface area (Å²) in [6, 6.07) is 0. The molecular formula is C8H9F3N4OS. The molecule has 0 radical (unpaired) electrons. The van der Waals surface area contributed by atoms with Crippen LogP contribution in [0, 0.1) is 0 Å². The molecule has 0 saturated carbocycles. The number of anilines is 1. The van der Waals surface area contributed by atoms with Gasteiger partial charge in [0.25, 0.3) is 5.91 Å². The Balaban J connectivity index is 2.36. The van der Waals surface area contributed by atoms with E-state index in [2.05, 4.69) is 15.3 Å². The quantitative estimate of drug-likeness (QED) is 0.796. The van der Waals surface area contributed by atoms with Gasteiger partial charge in [0.05, 0.1) is 12.4 Å². The minimum Gasteiger partial charge on any atom is -0.382 e. The Morgan fingerprint density at radius 3 is 2.76 bits per heavy atom. The average Bonchev–Trinajstić information content (AvgIpc) is 2.23. The third-order valence-electron chi connectivity index (χ3n) is 1.54. The summed E-state index contributed by atoms with van der Waals surface area (Å²) < 4.78 is 35.3. The van der Waals surface area contributed by atoms with Crippen LogP contribution in [0.15, 0.2) is 12.4 Å². The van der Waals surface area contributed by atoms with Crippen molar-refractivity contribution in [1.82, 2.24) is 15.3 Å². The predicted molar refractivity (Wildman–Crippen MR) is 57.3 cm³/mol. The van der Waals surface area contributed by atoms with Crippen LogP contribution in [-0.4, -0.2) is 33.7 Å². The third kappa shape index (κ3) is 5.38. The molecule has 1 heterocycles. The Kier molecular flexibility index (Phi) is 4.55. The van der Waals surface area contributed by atoms with Gasteiger partial charge in [-0.15, -0.1) is 0 Å². The number of carbonyl (C=O) groups excluding carboxylic acids is 1. The lowest BCUT2D eigenvalue weighted by Crippen LogP contribution is -2.27. The number of nitrogens with two attached hydrogens (primary N) is 1. The maximum Gasteiger partial charge on any atom is 0.441 e. The number of nitrogens with one attached hydrogen (secondary N) is 1. The predicted octanol–water partition coefficient (Wildman–Crippen LogP) is 1.04. The largest absolute Gasteiger partial charge is 0.441 e. The van der Waals surface area contributed by atoms with E-state index in [1.54, 1.807) is 0 Å². The zero-order valence-electron chi connectivity index (χ0n) is 8.49. The van der Waals surface area contributed by atoms with Crippen LogP contribution in [0.4, 0.5) is 19.0 Å². The Hall–Kier alpha value is -1.51. The second-order valence-electron chi connectivity index (χ2n) is 2.88. The minimum absolute atomic E-state index is 0.0259. The standard InChI is InChI=1S/C8H9F3N4OS/c9-8(10,11)17-2-1-14-7(16)5-3-13-4-6(12)15-5/h3-4H,1-2H2,(H2,12,15)(H,14,16). The monoisotopic (exact) mass is 266 g/mol. The van der Waals surface area contributed by atoms with Crippen molar-refractivity contribution in [3.05, 3.63) is 18.1 Å². The number of hydrogen-bond acceptors (Lipinski definition) is 5. The lowest BCUT2D eigenvalue weighted by atomic mass is 10.4. The van der Waals surface area contributed by atoms with Crippen molar-refractivity contribution in [2.24, 2.45) is 0 Å². The summed E-state index contributed by atoms with van der Waals surface area (Å²) in [5.41, 5.74) is 0.986. The number of aromatic nitrogens is 2. The van der Waals surface area contributed by atoms with Gasteiger partial charge in [0.15, 0.2) is 0 Å².